The van der Waals surface area contributed by atoms with E-state index in [1.807, 2.05) is 13.0 Å². The zero-order valence-corrected chi connectivity index (χ0v) is 5.63. The molecule has 10 heavy (non-hydrogen) atoms. The van der Waals surface area contributed by atoms with Crippen LogP contribution in [-0.2, 0) is 0 Å². The van der Waals surface area contributed by atoms with Gasteiger partial charge in [0.25, 0.3) is 0 Å². The van der Waals surface area contributed by atoms with Gasteiger partial charge in [-0.2, -0.15) is 0 Å². The third-order valence-corrected chi connectivity index (χ3v) is 1.44. The van der Waals surface area contributed by atoms with Gasteiger partial charge in [-0.25, -0.2) is 4.98 Å². The zero-order chi connectivity index (χ0) is 6.97. The summed E-state index contributed by atoms with van der Waals surface area (Å²) in [6.45, 7) is 1.96. The Bertz CT molecular complexity index is 350. The summed E-state index contributed by atoms with van der Waals surface area (Å²) < 4.78 is 0. The molecule has 0 saturated heterocycles. The second kappa shape index (κ2) is 1.80. The Hall–Kier alpha value is -1.38. The van der Waals surface area contributed by atoms with E-state index >= 15 is 0 Å². The average molecular weight is 133 g/mol. The van der Waals surface area contributed by atoms with Gasteiger partial charge in [0.05, 0.1) is 18.0 Å². The van der Waals surface area contributed by atoms with Crippen molar-refractivity contribution in [2.24, 2.45) is 0 Å². The first-order valence-electron chi connectivity index (χ1n) is 3.12. The van der Waals surface area contributed by atoms with Crippen molar-refractivity contribution in [1.82, 2.24) is 15.0 Å². The fraction of sp³-hybridized carbons (Fsp3) is 0.143. The molecule has 2 rings (SSSR count). The number of hydrogen-bond acceptors (Lipinski definition) is 2. The first kappa shape index (κ1) is 5.41. The molecule has 0 saturated carbocycles. The molecule has 0 aliphatic heterocycles. The lowest BCUT2D eigenvalue weighted by Gasteiger charge is -1.88. The molecule has 2 heterocycles. The summed E-state index contributed by atoms with van der Waals surface area (Å²) in [7, 11) is 0. The van der Waals surface area contributed by atoms with Gasteiger partial charge in [0.1, 0.15) is 5.52 Å². The second-order valence-electron chi connectivity index (χ2n) is 2.25. The Kier molecular flexibility index (Phi) is 0.974. The van der Waals surface area contributed by atoms with Gasteiger partial charge < -0.3 is 4.98 Å². The van der Waals surface area contributed by atoms with E-state index < -0.39 is 0 Å². The van der Waals surface area contributed by atoms with E-state index in [-0.39, 0.29) is 0 Å². The lowest BCUT2D eigenvalue weighted by Crippen LogP contribution is -1.78. The number of imidazole rings is 1. The number of hydrogen-bond donors (Lipinski definition) is 1. The minimum Gasteiger partial charge on any atom is -0.344 e. The van der Waals surface area contributed by atoms with E-state index in [9.17, 15) is 0 Å². The number of rotatable bonds is 0. The van der Waals surface area contributed by atoms with Crippen LogP contribution in [0.2, 0.25) is 0 Å². The van der Waals surface area contributed by atoms with Crippen LogP contribution in [0.1, 0.15) is 5.69 Å². The van der Waals surface area contributed by atoms with E-state index in [0.717, 1.165) is 16.7 Å². The highest BCUT2D eigenvalue weighted by molar-refractivity contribution is 5.73. The molecule has 0 fully saturated rings. The molecule has 0 amide bonds. The van der Waals surface area contributed by atoms with Crippen molar-refractivity contribution in [1.29, 1.82) is 0 Å². The summed E-state index contributed by atoms with van der Waals surface area (Å²) in [4.78, 5) is 11.1. The molecule has 0 aliphatic rings. The highest BCUT2D eigenvalue weighted by Crippen LogP contribution is 2.06. The van der Waals surface area contributed by atoms with Gasteiger partial charge in [-0.05, 0) is 13.0 Å². The van der Waals surface area contributed by atoms with E-state index in [1.54, 1.807) is 12.5 Å². The fourth-order valence-corrected chi connectivity index (χ4v) is 0.942. The summed E-state index contributed by atoms with van der Waals surface area (Å²) in [6, 6.07) is 1.97. The second-order valence-corrected chi connectivity index (χ2v) is 2.25. The van der Waals surface area contributed by atoms with Crippen LogP contribution >= 0.6 is 0 Å². The molecule has 2 aromatic rings. The summed E-state index contributed by atoms with van der Waals surface area (Å²) in [6.07, 6.45) is 3.44. The van der Waals surface area contributed by atoms with Crippen molar-refractivity contribution < 1.29 is 0 Å². The van der Waals surface area contributed by atoms with Crippen LogP contribution in [0.4, 0.5) is 0 Å². The summed E-state index contributed by atoms with van der Waals surface area (Å²) in [5.74, 6) is 0. The Morgan fingerprint density at radius 1 is 1.40 bits per heavy atom. The Morgan fingerprint density at radius 2 is 2.30 bits per heavy atom. The third kappa shape index (κ3) is 0.673. The molecule has 0 aromatic carbocycles. The number of fused-ring (bicyclic) bond motifs is 1. The molecule has 0 atom stereocenters. The van der Waals surface area contributed by atoms with Crippen LogP contribution in [0.5, 0.6) is 0 Å². The van der Waals surface area contributed by atoms with Gasteiger partial charge in [-0.3, -0.25) is 4.98 Å². The van der Waals surface area contributed by atoms with Gasteiger partial charge in [0.15, 0.2) is 0 Å². The van der Waals surface area contributed by atoms with Gasteiger partial charge in [-0.1, -0.05) is 0 Å². The van der Waals surface area contributed by atoms with E-state index in [4.69, 9.17) is 0 Å². The smallest absolute Gasteiger partial charge is 0.107 e. The average Bonchev–Trinajstić information content (AvgIpc) is 2.33. The van der Waals surface area contributed by atoms with Crippen molar-refractivity contribution in [2.75, 3.05) is 0 Å². The molecule has 0 aliphatic carbocycles. The lowest BCUT2D eigenvalue weighted by molar-refractivity contribution is 1.22. The number of nitrogens with one attached hydrogen (secondary N) is 1. The number of pyridine rings is 1. The van der Waals surface area contributed by atoms with Crippen LogP contribution < -0.4 is 0 Å². The lowest BCUT2D eigenvalue weighted by atomic mass is 10.3. The SMILES string of the molecule is Cc1cc2[nH]cnc2cn1. The molecule has 0 spiro atoms. The monoisotopic (exact) mass is 133 g/mol. The fourth-order valence-electron chi connectivity index (χ4n) is 0.942. The summed E-state index contributed by atoms with van der Waals surface area (Å²) >= 11 is 0. The summed E-state index contributed by atoms with van der Waals surface area (Å²) in [5.41, 5.74) is 2.98. The van der Waals surface area contributed by atoms with Crippen molar-refractivity contribution in [3.05, 3.63) is 24.3 Å². The summed E-state index contributed by atoms with van der Waals surface area (Å²) in [5, 5.41) is 0. The van der Waals surface area contributed by atoms with Crippen LogP contribution in [-0.4, -0.2) is 15.0 Å². The first-order valence-corrected chi connectivity index (χ1v) is 3.12. The van der Waals surface area contributed by atoms with Crippen molar-refractivity contribution in [3.8, 4) is 0 Å². The molecule has 1 N–H and O–H groups in total. The van der Waals surface area contributed by atoms with Crippen LogP contribution in [0.15, 0.2) is 18.6 Å². The van der Waals surface area contributed by atoms with Crippen molar-refractivity contribution in [2.45, 2.75) is 6.92 Å². The number of aromatic nitrogens is 3. The number of aryl methyl sites for hydroxylation is 1. The molecular formula is C7H7N3. The van der Waals surface area contributed by atoms with Crippen molar-refractivity contribution in [3.63, 3.8) is 0 Å². The zero-order valence-electron chi connectivity index (χ0n) is 5.63. The molecule has 3 nitrogen and oxygen atoms in total. The maximum absolute atomic E-state index is 4.10. The normalized spacial score (nSPS) is 10.5. The minimum absolute atomic E-state index is 0.922. The highest BCUT2D eigenvalue weighted by Gasteiger charge is 1.93. The predicted molar refractivity (Wildman–Crippen MR) is 38.6 cm³/mol. The molecule has 0 unspecified atom stereocenters. The molecule has 0 bridgehead atoms. The Balaban J connectivity index is 2.86. The van der Waals surface area contributed by atoms with Gasteiger partial charge in [-0.15, -0.1) is 0 Å². The van der Waals surface area contributed by atoms with Crippen LogP contribution in [0.3, 0.4) is 0 Å². The van der Waals surface area contributed by atoms with E-state index in [0.29, 0.717) is 0 Å². The van der Waals surface area contributed by atoms with Gasteiger partial charge >= 0.3 is 0 Å². The van der Waals surface area contributed by atoms with E-state index in [1.165, 1.54) is 0 Å². The first-order chi connectivity index (χ1) is 4.86. The van der Waals surface area contributed by atoms with Crippen LogP contribution in [0.25, 0.3) is 11.0 Å². The Labute approximate surface area is 58.1 Å². The van der Waals surface area contributed by atoms with Crippen LogP contribution in [0, 0.1) is 6.92 Å². The molecule has 50 valence electrons. The third-order valence-electron chi connectivity index (χ3n) is 1.44. The minimum atomic E-state index is 0.922. The number of nitrogens with zero attached hydrogens (tertiary/aromatic N) is 2. The molecular weight excluding hydrogens is 126 g/mol. The molecule has 3 heteroatoms. The number of aromatic amines is 1. The Morgan fingerprint density at radius 3 is 3.20 bits per heavy atom. The van der Waals surface area contributed by atoms with Crippen molar-refractivity contribution >= 4 is 11.0 Å². The highest BCUT2D eigenvalue weighted by atomic mass is 14.9. The van der Waals surface area contributed by atoms with Gasteiger partial charge in [0.2, 0.25) is 0 Å². The number of H-pyrrole nitrogens is 1. The maximum Gasteiger partial charge on any atom is 0.107 e. The van der Waals surface area contributed by atoms with Gasteiger partial charge in [0, 0.05) is 5.69 Å². The quantitative estimate of drug-likeness (QED) is 0.588. The topological polar surface area (TPSA) is 41.6 Å². The largest absolute Gasteiger partial charge is 0.344 e. The van der Waals surface area contributed by atoms with E-state index in [2.05, 4.69) is 15.0 Å². The molecule has 0 radical (unpaired) electrons. The molecule has 2 aromatic heterocycles. The maximum atomic E-state index is 4.10. The standard InChI is InChI=1S/C7H7N3/c1-5-2-6-7(3-8-5)10-4-9-6/h2-4H,1H3,(H,9,10). The predicted octanol–water partition coefficient (Wildman–Crippen LogP) is 1.27.